The third kappa shape index (κ3) is 3.81. The van der Waals surface area contributed by atoms with Gasteiger partial charge in [-0.05, 0) is 39.3 Å². The molecule has 0 unspecified atom stereocenters. The smallest absolute Gasteiger partial charge is 0.289 e. The fourth-order valence-electron chi connectivity index (χ4n) is 2.97. The summed E-state index contributed by atoms with van der Waals surface area (Å²) in [6.45, 7) is 6.00. The van der Waals surface area contributed by atoms with Crippen molar-refractivity contribution in [1.82, 2.24) is 14.5 Å². The molecule has 2 rings (SSSR count). The highest BCUT2D eigenvalue weighted by atomic mass is 32.2. The first-order chi connectivity index (χ1) is 11.3. The molecule has 1 N–H and O–H groups in total. The summed E-state index contributed by atoms with van der Waals surface area (Å²) in [6.07, 6.45) is 2.64. The fourth-order valence-corrected chi connectivity index (χ4v) is 4.03. The van der Waals surface area contributed by atoms with Gasteiger partial charge in [0.1, 0.15) is 10.7 Å². The number of hydrogen-bond acceptors (Lipinski definition) is 5. The van der Waals surface area contributed by atoms with Crippen LogP contribution in [0.2, 0.25) is 0 Å². The Kier molecular flexibility index (Phi) is 6.06. The van der Waals surface area contributed by atoms with E-state index >= 15 is 0 Å². The van der Waals surface area contributed by atoms with Crippen LogP contribution >= 0.6 is 0 Å². The van der Waals surface area contributed by atoms with Crippen molar-refractivity contribution in [1.29, 1.82) is 0 Å². The maximum atomic E-state index is 12.9. The number of nitrogens with one attached hydrogen (secondary N) is 1. The summed E-state index contributed by atoms with van der Waals surface area (Å²) in [7, 11) is -0.704. The number of hydrogen-bond donors (Lipinski definition) is 1. The summed E-state index contributed by atoms with van der Waals surface area (Å²) in [5, 5.41) is 3.29. The van der Waals surface area contributed by atoms with E-state index in [0.717, 1.165) is 36.7 Å². The second kappa shape index (κ2) is 7.67. The van der Waals surface area contributed by atoms with Crippen molar-refractivity contribution in [3.63, 3.8) is 0 Å². The number of aryl methyl sites for hydroxylation is 1. The third-order valence-electron chi connectivity index (χ3n) is 4.32. The Bertz CT molecular complexity index is 675. The van der Waals surface area contributed by atoms with Crippen molar-refractivity contribution in [2.45, 2.75) is 44.0 Å². The van der Waals surface area contributed by atoms with Gasteiger partial charge in [-0.15, -0.1) is 0 Å². The molecule has 0 spiro atoms. The predicted molar refractivity (Wildman–Crippen MR) is 91.5 cm³/mol. The summed E-state index contributed by atoms with van der Waals surface area (Å²) in [4.78, 5) is 14.8. The lowest BCUT2D eigenvalue weighted by atomic mass is 10.0. The molecular weight excluding hydrogens is 330 g/mol. The minimum Gasteiger partial charge on any atom is -0.455 e. The summed E-state index contributed by atoms with van der Waals surface area (Å²) in [5.74, 6) is 0.112. The molecule has 8 heteroatoms. The van der Waals surface area contributed by atoms with Crippen molar-refractivity contribution in [3.05, 3.63) is 17.6 Å². The normalized spacial score (nSPS) is 16.5. The lowest BCUT2D eigenvalue weighted by Crippen LogP contribution is -2.46. The van der Waals surface area contributed by atoms with Crippen molar-refractivity contribution in [2.24, 2.45) is 0 Å². The van der Waals surface area contributed by atoms with Crippen LogP contribution in [0.4, 0.5) is 0 Å². The van der Waals surface area contributed by atoms with Gasteiger partial charge in [-0.25, -0.2) is 12.7 Å². The highest BCUT2D eigenvalue weighted by Gasteiger charge is 2.31. The minimum atomic E-state index is -3.62. The van der Waals surface area contributed by atoms with E-state index in [1.54, 1.807) is 6.92 Å². The maximum Gasteiger partial charge on any atom is 0.289 e. The van der Waals surface area contributed by atoms with E-state index < -0.39 is 10.0 Å². The van der Waals surface area contributed by atoms with Crippen molar-refractivity contribution >= 4 is 15.9 Å². The molecule has 0 aromatic carbocycles. The Morgan fingerprint density at radius 1 is 1.33 bits per heavy atom. The minimum absolute atomic E-state index is 0.0533. The van der Waals surface area contributed by atoms with Crippen molar-refractivity contribution in [2.75, 3.05) is 33.7 Å². The van der Waals surface area contributed by atoms with E-state index in [2.05, 4.69) is 5.32 Å². The van der Waals surface area contributed by atoms with E-state index in [1.165, 1.54) is 20.2 Å². The monoisotopic (exact) mass is 357 g/mol. The number of piperidine rings is 1. The molecule has 0 bridgehead atoms. The Hall–Kier alpha value is -1.38. The number of rotatable bonds is 6. The molecule has 1 aromatic rings. The topological polar surface area (TPSA) is 82.9 Å². The van der Waals surface area contributed by atoms with Gasteiger partial charge in [-0.1, -0.05) is 6.92 Å². The number of nitrogens with zero attached hydrogens (tertiary/aromatic N) is 2. The Morgan fingerprint density at radius 2 is 1.96 bits per heavy atom. The van der Waals surface area contributed by atoms with Crippen LogP contribution < -0.4 is 5.32 Å². The van der Waals surface area contributed by atoms with Crippen LogP contribution in [0.1, 0.15) is 42.5 Å². The number of carbonyl (C=O) groups is 1. The first-order valence-corrected chi connectivity index (χ1v) is 9.77. The number of carbonyl (C=O) groups excluding carboxylic acids is 1. The van der Waals surface area contributed by atoms with Crippen LogP contribution in [-0.2, 0) is 10.0 Å². The molecule has 136 valence electrons. The second-order valence-electron chi connectivity index (χ2n) is 6.30. The highest BCUT2D eigenvalue weighted by molar-refractivity contribution is 7.89. The lowest BCUT2D eigenvalue weighted by molar-refractivity contribution is 0.0609. The van der Waals surface area contributed by atoms with Crippen LogP contribution in [0.25, 0.3) is 0 Å². The van der Waals surface area contributed by atoms with Gasteiger partial charge >= 0.3 is 0 Å². The van der Waals surface area contributed by atoms with Gasteiger partial charge in [0, 0.05) is 32.7 Å². The molecule has 0 atom stereocenters. The van der Waals surface area contributed by atoms with Crippen molar-refractivity contribution < 1.29 is 17.6 Å². The molecule has 0 aliphatic carbocycles. The molecule has 1 fully saturated rings. The molecule has 24 heavy (non-hydrogen) atoms. The van der Waals surface area contributed by atoms with Gasteiger partial charge in [0.25, 0.3) is 5.91 Å². The van der Waals surface area contributed by atoms with Gasteiger partial charge in [0.15, 0.2) is 5.76 Å². The molecule has 0 saturated carbocycles. The number of furan rings is 1. The number of amides is 1. The van der Waals surface area contributed by atoms with E-state index in [-0.39, 0.29) is 28.4 Å². The maximum absolute atomic E-state index is 12.9. The van der Waals surface area contributed by atoms with Gasteiger partial charge < -0.3 is 14.6 Å². The number of sulfonamides is 1. The molecule has 1 aliphatic rings. The average Bonchev–Trinajstić information content (AvgIpc) is 2.95. The standard InChI is InChI=1S/C16H27N3O4S/c1-5-10-19(13-6-8-17-9-7-13)16(20)14-11-15(12(2)23-14)24(21,22)18(3)4/h11,13,17H,5-10H2,1-4H3. The van der Waals surface area contributed by atoms with E-state index in [4.69, 9.17) is 4.42 Å². The Labute approximate surface area is 144 Å². The summed E-state index contributed by atoms with van der Waals surface area (Å²) < 4.78 is 31.3. The zero-order valence-corrected chi connectivity index (χ0v) is 15.6. The van der Waals surface area contributed by atoms with Crippen LogP contribution in [0, 0.1) is 6.92 Å². The average molecular weight is 357 g/mol. The quantitative estimate of drug-likeness (QED) is 0.833. The Morgan fingerprint density at radius 3 is 2.50 bits per heavy atom. The largest absolute Gasteiger partial charge is 0.455 e. The van der Waals surface area contributed by atoms with E-state index in [9.17, 15) is 13.2 Å². The lowest BCUT2D eigenvalue weighted by Gasteiger charge is -2.34. The summed E-state index contributed by atoms with van der Waals surface area (Å²) in [5.41, 5.74) is 0. The molecule has 1 amide bonds. The zero-order chi connectivity index (χ0) is 17.9. The Balaban J connectivity index is 2.30. The molecule has 1 saturated heterocycles. The summed E-state index contributed by atoms with van der Waals surface area (Å²) >= 11 is 0. The van der Waals surface area contributed by atoms with Gasteiger partial charge in [-0.2, -0.15) is 0 Å². The fraction of sp³-hybridized carbons (Fsp3) is 0.688. The molecular formula is C16H27N3O4S. The van der Waals surface area contributed by atoms with Gasteiger partial charge in [-0.3, -0.25) is 4.79 Å². The second-order valence-corrected chi connectivity index (χ2v) is 8.42. The van der Waals surface area contributed by atoms with Crippen LogP contribution in [-0.4, -0.2) is 63.3 Å². The molecule has 1 aromatic heterocycles. The molecule has 7 nitrogen and oxygen atoms in total. The zero-order valence-electron chi connectivity index (χ0n) is 14.8. The van der Waals surface area contributed by atoms with Crippen molar-refractivity contribution in [3.8, 4) is 0 Å². The van der Waals surface area contributed by atoms with Crippen LogP contribution in [0.5, 0.6) is 0 Å². The SMILES string of the molecule is CCCN(C(=O)c1cc(S(=O)(=O)N(C)C)c(C)o1)C1CCNCC1. The molecule has 1 aliphatic heterocycles. The third-order valence-corrected chi connectivity index (χ3v) is 6.24. The van der Waals surface area contributed by atoms with E-state index in [1.807, 2.05) is 11.8 Å². The van der Waals surface area contributed by atoms with Crippen LogP contribution in [0.15, 0.2) is 15.4 Å². The molecule has 2 heterocycles. The molecule has 0 radical (unpaired) electrons. The van der Waals surface area contributed by atoms with Gasteiger partial charge in [0.05, 0.1) is 0 Å². The highest BCUT2D eigenvalue weighted by Crippen LogP contribution is 2.25. The van der Waals surface area contributed by atoms with Crippen LogP contribution in [0.3, 0.4) is 0 Å². The predicted octanol–water partition coefficient (Wildman–Crippen LogP) is 1.44. The summed E-state index contributed by atoms with van der Waals surface area (Å²) in [6, 6.07) is 1.52. The van der Waals surface area contributed by atoms with Gasteiger partial charge in [0.2, 0.25) is 10.0 Å². The first kappa shape index (κ1) is 19.0. The first-order valence-electron chi connectivity index (χ1n) is 8.33. The van der Waals surface area contributed by atoms with E-state index in [0.29, 0.717) is 6.54 Å².